The predicted octanol–water partition coefficient (Wildman–Crippen LogP) is 2.95. The molecule has 3 aliphatic carbocycles. The number of likely N-dealkylation sites (N-methyl/N-ethyl adjacent to an activating group) is 1. The number of benzene rings is 1. The Morgan fingerprint density at radius 1 is 1.23 bits per heavy atom. The summed E-state index contributed by atoms with van der Waals surface area (Å²) in [5.41, 5.74) is 4.46. The number of carbonyl (C=O) groups excluding carboxylic acids is 3. The van der Waals surface area contributed by atoms with Gasteiger partial charge in [0.15, 0.2) is 11.4 Å². The molecule has 0 saturated heterocycles. The molecule has 4 N–H and O–H groups in total. The Bertz CT molecular complexity index is 1480. The maximum atomic E-state index is 14.1. The van der Waals surface area contributed by atoms with Crippen LogP contribution in [0.15, 0.2) is 33.3 Å². The number of anilines is 1. The van der Waals surface area contributed by atoms with Gasteiger partial charge >= 0.3 is 5.91 Å². The third-order valence-electron chi connectivity index (χ3n) is 7.94. The van der Waals surface area contributed by atoms with Crippen LogP contribution in [-0.2, 0) is 20.8 Å². The number of amides is 1. The monoisotopic (exact) mass is 549 g/mol. The maximum Gasteiger partial charge on any atom is 0.302 e. The molecular weight excluding hydrogens is 518 g/mol. The summed E-state index contributed by atoms with van der Waals surface area (Å²) in [6.07, 6.45) is 1.50. The van der Waals surface area contributed by atoms with Crippen molar-refractivity contribution in [1.82, 2.24) is 4.90 Å². The molecule has 0 radical (unpaired) electrons. The van der Waals surface area contributed by atoms with E-state index in [-0.39, 0.29) is 35.2 Å². The molecule has 4 rings (SSSR count). The Kier molecular flexibility index (Phi) is 7.49. The summed E-state index contributed by atoms with van der Waals surface area (Å²) in [5, 5.41) is 40.3. The fourth-order valence-corrected chi connectivity index (χ4v) is 6.19. The molecule has 0 aliphatic heterocycles. The lowest BCUT2D eigenvalue weighted by molar-refractivity contribution is -0.153. The van der Waals surface area contributed by atoms with Gasteiger partial charge in [-0.1, -0.05) is 18.8 Å². The zero-order valence-corrected chi connectivity index (χ0v) is 22.9. The molecular formula is C28H31N5O7. The number of nitroso groups, excluding NO2 is 1. The summed E-state index contributed by atoms with van der Waals surface area (Å²) < 4.78 is 0. The van der Waals surface area contributed by atoms with E-state index in [1.54, 1.807) is 25.1 Å². The van der Waals surface area contributed by atoms with Gasteiger partial charge in [-0.15, -0.1) is 10.0 Å². The standard InChI is InChI=1S/C28H31N5O7/c1-6-7-8-9-13-12-17(32(2)3)15-10-14-11-16-22(33(4)5)24(35)20(27(38)30-29)26(37)28(16,39)25(36)18(14)23(34)19(15)21(13)31-40/h12,14,16,22,29,34,37,39H,6-7,10-11H2,1-5H3/t14-,16-,22-,28-/m0/s1. The predicted molar refractivity (Wildman–Crippen MR) is 145 cm³/mol. The lowest BCUT2D eigenvalue weighted by atomic mass is 9.57. The Hall–Kier alpha value is -4.21. The molecule has 4 atom stereocenters. The van der Waals surface area contributed by atoms with Crippen molar-refractivity contribution in [3.63, 3.8) is 0 Å². The van der Waals surface area contributed by atoms with E-state index < -0.39 is 58.0 Å². The quantitative estimate of drug-likeness (QED) is 0.186. The number of aliphatic hydroxyl groups excluding tert-OH is 2. The van der Waals surface area contributed by atoms with E-state index in [2.05, 4.69) is 22.1 Å². The van der Waals surface area contributed by atoms with Crippen LogP contribution in [0.2, 0.25) is 0 Å². The van der Waals surface area contributed by atoms with E-state index in [9.17, 15) is 34.6 Å². The Morgan fingerprint density at radius 2 is 1.90 bits per heavy atom. The fourth-order valence-electron chi connectivity index (χ4n) is 6.19. The van der Waals surface area contributed by atoms with Gasteiger partial charge in [0, 0.05) is 37.7 Å². The molecule has 0 spiro atoms. The first-order valence-corrected chi connectivity index (χ1v) is 12.8. The number of ketones is 2. The van der Waals surface area contributed by atoms with Crippen LogP contribution in [0.4, 0.5) is 11.4 Å². The summed E-state index contributed by atoms with van der Waals surface area (Å²) in [6, 6.07) is 0.508. The molecule has 0 heterocycles. The highest BCUT2D eigenvalue weighted by molar-refractivity contribution is 6.25. The average molecular weight is 550 g/mol. The number of carbonyl (C=O) groups is 3. The van der Waals surface area contributed by atoms with Crippen LogP contribution in [0.1, 0.15) is 42.9 Å². The Labute approximate surface area is 230 Å². The molecule has 0 bridgehead atoms. The molecule has 12 nitrogen and oxygen atoms in total. The minimum absolute atomic E-state index is 0.0145. The minimum Gasteiger partial charge on any atom is -0.508 e. The number of fused-ring (bicyclic) bond motifs is 3. The molecule has 12 heteroatoms. The second-order valence-electron chi connectivity index (χ2n) is 10.7. The zero-order valence-electron chi connectivity index (χ0n) is 22.9. The van der Waals surface area contributed by atoms with Gasteiger partial charge in [0.05, 0.1) is 17.2 Å². The first kappa shape index (κ1) is 28.8. The maximum absolute atomic E-state index is 14.1. The molecule has 1 amide bonds. The lowest BCUT2D eigenvalue weighted by Gasteiger charge is -2.50. The van der Waals surface area contributed by atoms with Crippen LogP contribution in [0.5, 0.6) is 0 Å². The van der Waals surface area contributed by atoms with Gasteiger partial charge < -0.3 is 20.2 Å². The van der Waals surface area contributed by atoms with Crippen LogP contribution < -0.4 is 4.90 Å². The SMILES string of the molecule is CCCC#Cc1cc(N(C)C)c2c(c1N=O)C(O)=C1C(=O)[C@]3(O)C(O)=C(C(=O)N=N)C(=O)[C@@H](N(C)C)[C@@H]3C[C@@H]1C2. The van der Waals surface area contributed by atoms with Gasteiger partial charge in [-0.3, -0.25) is 19.3 Å². The van der Waals surface area contributed by atoms with Crippen LogP contribution in [0, 0.1) is 34.1 Å². The van der Waals surface area contributed by atoms with E-state index >= 15 is 0 Å². The Morgan fingerprint density at radius 3 is 2.45 bits per heavy atom. The van der Waals surface area contributed by atoms with Crippen molar-refractivity contribution >= 4 is 34.6 Å². The summed E-state index contributed by atoms with van der Waals surface area (Å²) in [4.78, 5) is 55.0. The van der Waals surface area contributed by atoms with Gasteiger partial charge in [0.1, 0.15) is 22.8 Å². The number of unbranched alkanes of at least 4 members (excludes halogenated alkanes) is 1. The molecule has 0 unspecified atom stereocenters. The minimum atomic E-state index is -2.76. The van der Waals surface area contributed by atoms with Crippen molar-refractivity contribution < 1.29 is 29.7 Å². The van der Waals surface area contributed by atoms with Crippen LogP contribution in [0.25, 0.3) is 5.76 Å². The van der Waals surface area contributed by atoms with Crippen LogP contribution in [-0.4, -0.2) is 77.5 Å². The third-order valence-corrected chi connectivity index (χ3v) is 7.94. The van der Waals surface area contributed by atoms with Gasteiger partial charge in [-0.25, -0.2) is 5.53 Å². The number of hydrogen-bond donors (Lipinski definition) is 4. The van der Waals surface area contributed by atoms with Crippen molar-refractivity contribution in [2.75, 3.05) is 33.1 Å². The molecule has 1 fully saturated rings. The number of nitrogens with zero attached hydrogens (tertiary/aromatic N) is 4. The summed E-state index contributed by atoms with van der Waals surface area (Å²) in [7, 11) is 6.63. The smallest absolute Gasteiger partial charge is 0.302 e. The molecule has 1 aromatic rings. The first-order chi connectivity index (χ1) is 18.9. The van der Waals surface area contributed by atoms with Crippen molar-refractivity contribution in [1.29, 1.82) is 5.53 Å². The molecule has 3 aliphatic rings. The molecule has 1 aromatic carbocycles. The van der Waals surface area contributed by atoms with Gasteiger partial charge in [-0.2, -0.15) is 0 Å². The van der Waals surface area contributed by atoms with Gasteiger partial charge in [0.25, 0.3) is 0 Å². The fraction of sp³-hybridized carbons (Fsp3) is 0.464. The topological polar surface area (TPSA) is 184 Å². The number of hydrogen-bond acceptors (Lipinski definition) is 11. The van der Waals surface area contributed by atoms with Crippen LogP contribution in [0.3, 0.4) is 0 Å². The number of aliphatic hydroxyl groups is 3. The van der Waals surface area contributed by atoms with Crippen molar-refractivity contribution in [3.05, 3.63) is 44.6 Å². The highest BCUT2D eigenvalue weighted by Crippen LogP contribution is 2.54. The second kappa shape index (κ2) is 10.4. The molecule has 210 valence electrons. The normalized spacial score (nSPS) is 25.5. The van der Waals surface area contributed by atoms with Gasteiger partial charge in [0.2, 0.25) is 5.78 Å². The molecule has 1 saturated carbocycles. The van der Waals surface area contributed by atoms with E-state index in [0.29, 0.717) is 17.7 Å². The van der Waals surface area contributed by atoms with Crippen LogP contribution >= 0.6 is 0 Å². The zero-order chi connectivity index (χ0) is 29.7. The van der Waals surface area contributed by atoms with Gasteiger partial charge in [-0.05, 0) is 56.1 Å². The largest absolute Gasteiger partial charge is 0.508 e. The highest BCUT2D eigenvalue weighted by atomic mass is 16.3. The van der Waals surface area contributed by atoms with Crippen molar-refractivity contribution in [2.45, 2.75) is 44.2 Å². The molecule has 0 aromatic heterocycles. The Balaban J connectivity index is 2.03. The van der Waals surface area contributed by atoms with E-state index in [1.807, 2.05) is 6.92 Å². The number of rotatable bonds is 5. The van der Waals surface area contributed by atoms with Crippen molar-refractivity contribution in [3.8, 4) is 11.8 Å². The third kappa shape index (κ3) is 4.04. The summed E-state index contributed by atoms with van der Waals surface area (Å²) in [5.74, 6) is -1.13. The summed E-state index contributed by atoms with van der Waals surface area (Å²) >= 11 is 0. The molecule has 40 heavy (non-hydrogen) atoms. The number of Topliss-reactive ketones (excluding diaryl/α,β-unsaturated/α-hetero) is 2. The van der Waals surface area contributed by atoms with Crippen molar-refractivity contribution in [2.24, 2.45) is 22.1 Å². The van der Waals surface area contributed by atoms with E-state index in [4.69, 9.17) is 5.53 Å². The van der Waals surface area contributed by atoms with E-state index in [0.717, 1.165) is 6.42 Å². The van der Waals surface area contributed by atoms with E-state index in [1.165, 1.54) is 19.0 Å². The average Bonchev–Trinajstić information content (AvgIpc) is 2.90. The first-order valence-electron chi connectivity index (χ1n) is 12.8. The lowest BCUT2D eigenvalue weighted by Crippen LogP contribution is -2.65. The summed E-state index contributed by atoms with van der Waals surface area (Å²) in [6.45, 7) is 1.95. The highest BCUT2D eigenvalue weighted by Gasteiger charge is 2.64. The number of nitrogens with one attached hydrogen (secondary N) is 1. The second-order valence-corrected chi connectivity index (χ2v) is 10.7.